The number of likely N-dealkylation sites (tertiary alicyclic amines) is 1. The molecular formula is C33H39ClF2N4O2. The number of piperidine rings is 1. The molecule has 2 aliphatic rings. The molecule has 2 fully saturated rings. The van der Waals surface area contributed by atoms with Gasteiger partial charge in [-0.2, -0.15) is 0 Å². The van der Waals surface area contributed by atoms with Gasteiger partial charge >= 0.3 is 0 Å². The summed E-state index contributed by atoms with van der Waals surface area (Å²) in [6.45, 7) is 5.09. The van der Waals surface area contributed by atoms with Crippen LogP contribution in [0.5, 0.6) is 5.75 Å². The van der Waals surface area contributed by atoms with Crippen LogP contribution in [0.1, 0.15) is 24.0 Å². The number of hydrogen-bond acceptors (Lipinski definition) is 5. The van der Waals surface area contributed by atoms with Crippen molar-refractivity contribution in [3.63, 3.8) is 0 Å². The number of carbonyl (C=O) groups is 1. The first-order valence-electron chi connectivity index (χ1n) is 14.7. The van der Waals surface area contributed by atoms with E-state index in [0.717, 1.165) is 56.1 Å². The number of carbonyl (C=O) groups excluding carboxylic acids is 1. The van der Waals surface area contributed by atoms with Gasteiger partial charge in [0, 0.05) is 49.9 Å². The number of halogens is 3. The number of hydrogen-bond donors (Lipinski definition) is 1. The molecule has 5 rings (SSSR count). The Bertz CT molecular complexity index is 1360. The average molecular weight is 597 g/mol. The quantitative estimate of drug-likeness (QED) is 0.367. The Morgan fingerprint density at radius 2 is 1.64 bits per heavy atom. The molecule has 0 aliphatic carbocycles. The van der Waals surface area contributed by atoms with Crippen LogP contribution in [0.2, 0.25) is 5.02 Å². The van der Waals surface area contributed by atoms with Gasteiger partial charge in [0.15, 0.2) is 11.6 Å². The van der Waals surface area contributed by atoms with E-state index in [1.165, 1.54) is 23.8 Å². The molecule has 0 bridgehead atoms. The van der Waals surface area contributed by atoms with Crippen LogP contribution in [-0.2, 0) is 17.8 Å². The zero-order valence-corrected chi connectivity index (χ0v) is 24.8. The molecule has 2 N–H and O–H groups in total. The monoisotopic (exact) mass is 596 g/mol. The fourth-order valence-corrected chi connectivity index (χ4v) is 6.38. The number of benzene rings is 3. The molecule has 2 saturated heterocycles. The third-order valence-corrected chi connectivity index (χ3v) is 8.93. The SMILES string of the molecule is COc1c(F)ccc(F)c1CN1CCN(C(=O)[C@H](N)C2CCN(CCc3cc(Cl)ccc3-c3ccccc3)CC2)CC1. The highest BCUT2D eigenvalue weighted by Gasteiger charge is 2.33. The molecule has 1 amide bonds. The normalized spacial score (nSPS) is 17.8. The van der Waals surface area contributed by atoms with Crippen molar-refractivity contribution in [2.24, 2.45) is 11.7 Å². The Morgan fingerprint density at radius 3 is 2.33 bits per heavy atom. The fourth-order valence-electron chi connectivity index (χ4n) is 6.19. The summed E-state index contributed by atoms with van der Waals surface area (Å²) >= 11 is 6.34. The van der Waals surface area contributed by atoms with Crippen LogP contribution in [0.15, 0.2) is 60.7 Å². The minimum absolute atomic E-state index is 0.0194. The second-order valence-electron chi connectivity index (χ2n) is 11.3. The maximum Gasteiger partial charge on any atom is 0.239 e. The minimum Gasteiger partial charge on any atom is -0.493 e. The predicted octanol–water partition coefficient (Wildman–Crippen LogP) is 5.22. The van der Waals surface area contributed by atoms with E-state index < -0.39 is 17.7 Å². The molecule has 0 unspecified atom stereocenters. The van der Waals surface area contributed by atoms with Crippen LogP contribution in [-0.4, -0.2) is 79.6 Å². The highest BCUT2D eigenvalue weighted by atomic mass is 35.5. The Hall–Kier alpha value is -3.04. The van der Waals surface area contributed by atoms with Gasteiger partial charge < -0.3 is 20.3 Å². The van der Waals surface area contributed by atoms with Crippen LogP contribution in [0.4, 0.5) is 8.78 Å². The van der Waals surface area contributed by atoms with E-state index in [1.807, 2.05) is 21.9 Å². The van der Waals surface area contributed by atoms with E-state index >= 15 is 0 Å². The summed E-state index contributed by atoms with van der Waals surface area (Å²) in [6.07, 6.45) is 2.66. The molecule has 3 aromatic carbocycles. The molecule has 0 aromatic heterocycles. The summed E-state index contributed by atoms with van der Waals surface area (Å²) in [7, 11) is 1.34. The summed E-state index contributed by atoms with van der Waals surface area (Å²) in [5.74, 6) is -1.02. The predicted molar refractivity (Wildman–Crippen MR) is 162 cm³/mol. The molecule has 2 heterocycles. The first kappa shape index (κ1) is 30.4. The Kier molecular flexibility index (Phi) is 10.1. The van der Waals surface area contributed by atoms with Gasteiger partial charge in [-0.15, -0.1) is 0 Å². The third kappa shape index (κ3) is 7.11. The van der Waals surface area contributed by atoms with Gasteiger partial charge in [0.2, 0.25) is 5.91 Å². The van der Waals surface area contributed by atoms with E-state index in [-0.39, 0.29) is 29.7 Å². The molecule has 2 aliphatic heterocycles. The number of rotatable bonds is 9. The first-order chi connectivity index (χ1) is 20.3. The number of nitrogens with zero attached hydrogens (tertiary/aromatic N) is 3. The van der Waals surface area contributed by atoms with Crippen LogP contribution in [0, 0.1) is 17.6 Å². The van der Waals surface area contributed by atoms with Crippen molar-refractivity contribution in [3.05, 3.63) is 88.4 Å². The van der Waals surface area contributed by atoms with Gasteiger partial charge in [-0.25, -0.2) is 8.78 Å². The zero-order valence-electron chi connectivity index (χ0n) is 24.1. The maximum absolute atomic E-state index is 14.4. The first-order valence-corrected chi connectivity index (χ1v) is 15.1. The molecule has 224 valence electrons. The van der Waals surface area contributed by atoms with Crippen molar-refractivity contribution >= 4 is 17.5 Å². The van der Waals surface area contributed by atoms with Crippen LogP contribution in [0.25, 0.3) is 11.1 Å². The smallest absolute Gasteiger partial charge is 0.239 e. The van der Waals surface area contributed by atoms with Crippen molar-refractivity contribution in [3.8, 4) is 16.9 Å². The van der Waals surface area contributed by atoms with Gasteiger partial charge in [0.1, 0.15) is 5.82 Å². The lowest BCUT2D eigenvalue weighted by molar-refractivity contribution is -0.136. The molecule has 42 heavy (non-hydrogen) atoms. The van der Waals surface area contributed by atoms with Crippen molar-refractivity contribution in [2.45, 2.75) is 31.8 Å². The number of piperazine rings is 1. The third-order valence-electron chi connectivity index (χ3n) is 8.70. The molecular weight excluding hydrogens is 558 g/mol. The van der Waals surface area contributed by atoms with Crippen molar-refractivity contribution in [1.82, 2.24) is 14.7 Å². The number of methoxy groups -OCH3 is 1. The van der Waals surface area contributed by atoms with Gasteiger partial charge in [-0.3, -0.25) is 9.69 Å². The van der Waals surface area contributed by atoms with Crippen LogP contribution < -0.4 is 10.5 Å². The highest BCUT2D eigenvalue weighted by Crippen LogP contribution is 2.29. The van der Waals surface area contributed by atoms with E-state index in [0.29, 0.717) is 26.2 Å². The molecule has 6 nitrogen and oxygen atoms in total. The van der Waals surface area contributed by atoms with Crippen molar-refractivity contribution in [2.75, 3.05) is 52.9 Å². The summed E-state index contributed by atoms with van der Waals surface area (Å²) in [6, 6.07) is 18.1. The van der Waals surface area contributed by atoms with Gasteiger partial charge in [0.05, 0.1) is 13.2 Å². The second kappa shape index (κ2) is 14.0. The number of ether oxygens (including phenoxy) is 1. The Morgan fingerprint density at radius 1 is 0.952 bits per heavy atom. The molecule has 3 aromatic rings. The lowest BCUT2D eigenvalue weighted by Crippen LogP contribution is -2.55. The largest absolute Gasteiger partial charge is 0.493 e. The maximum atomic E-state index is 14.4. The van der Waals surface area contributed by atoms with Crippen LogP contribution in [0.3, 0.4) is 0 Å². The lowest BCUT2D eigenvalue weighted by atomic mass is 9.88. The lowest BCUT2D eigenvalue weighted by Gasteiger charge is -2.39. The van der Waals surface area contributed by atoms with Crippen LogP contribution >= 0.6 is 11.6 Å². The van der Waals surface area contributed by atoms with Gasteiger partial charge in [-0.1, -0.05) is 48.0 Å². The molecule has 0 spiro atoms. The summed E-state index contributed by atoms with van der Waals surface area (Å²) in [4.78, 5) is 19.6. The Labute approximate surface area is 252 Å². The van der Waals surface area contributed by atoms with Crippen molar-refractivity contribution in [1.29, 1.82) is 0 Å². The minimum atomic E-state index is -0.582. The molecule has 0 saturated carbocycles. The topological polar surface area (TPSA) is 62.0 Å². The van der Waals surface area contributed by atoms with E-state index in [1.54, 1.807) is 0 Å². The van der Waals surface area contributed by atoms with Gasteiger partial charge in [0.25, 0.3) is 0 Å². The molecule has 9 heteroatoms. The average Bonchev–Trinajstić information content (AvgIpc) is 3.02. The number of amides is 1. The Balaban J connectivity index is 1.09. The standard InChI is InChI=1S/C33H39ClF2N4O2/c1-42-32-28(29(35)9-10-30(32)36)22-39-17-19-40(20-18-39)33(41)31(37)24-11-14-38(15-12-24)16-13-25-21-26(34)7-8-27(25)23-5-3-2-4-6-23/h2-10,21,24,31H,11-20,22,37H2,1H3/t31-/m1/s1. The summed E-state index contributed by atoms with van der Waals surface area (Å²) in [5, 5.41) is 0.745. The highest BCUT2D eigenvalue weighted by molar-refractivity contribution is 6.30. The van der Waals surface area contributed by atoms with E-state index in [2.05, 4.69) is 41.3 Å². The van der Waals surface area contributed by atoms with Gasteiger partial charge in [-0.05, 0) is 79.2 Å². The fraction of sp³-hybridized carbons (Fsp3) is 0.424. The molecule has 1 atom stereocenters. The zero-order chi connectivity index (χ0) is 29.6. The van der Waals surface area contributed by atoms with E-state index in [9.17, 15) is 13.6 Å². The number of nitrogens with two attached hydrogens (primary N) is 1. The second-order valence-corrected chi connectivity index (χ2v) is 11.7. The summed E-state index contributed by atoms with van der Waals surface area (Å²) < 4.78 is 33.6. The van der Waals surface area contributed by atoms with E-state index in [4.69, 9.17) is 22.1 Å². The van der Waals surface area contributed by atoms with Crippen molar-refractivity contribution < 1.29 is 18.3 Å². The molecule has 0 radical (unpaired) electrons. The summed E-state index contributed by atoms with van der Waals surface area (Å²) in [5.41, 5.74) is 10.4.